The molecule has 0 aliphatic rings. The van der Waals surface area contributed by atoms with Gasteiger partial charge < -0.3 is 10.1 Å². The fourth-order valence-electron chi connectivity index (χ4n) is 2.32. The van der Waals surface area contributed by atoms with Crippen molar-refractivity contribution in [1.82, 2.24) is 15.1 Å². The Hall–Kier alpha value is -1.88. The summed E-state index contributed by atoms with van der Waals surface area (Å²) < 4.78 is 7.07. The van der Waals surface area contributed by atoms with Gasteiger partial charge in [-0.2, -0.15) is 5.10 Å². The van der Waals surface area contributed by atoms with E-state index in [1.807, 2.05) is 42.1 Å². The molecule has 1 N–H and O–H groups in total. The molecule has 5 nitrogen and oxygen atoms in total. The van der Waals surface area contributed by atoms with Gasteiger partial charge in [-0.3, -0.25) is 9.48 Å². The summed E-state index contributed by atoms with van der Waals surface area (Å²) in [5.41, 5.74) is 1.09. The summed E-state index contributed by atoms with van der Waals surface area (Å²) in [5.74, 6) is -0.178. The SMILES string of the molecule is CCCNC(CCn1ncc2ccccc21)C(=O)OCC. The van der Waals surface area contributed by atoms with E-state index >= 15 is 0 Å². The van der Waals surface area contributed by atoms with Gasteiger partial charge in [-0.15, -0.1) is 0 Å². The molecule has 1 aromatic heterocycles. The summed E-state index contributed by atoms with van der Waals surface area (Å²) in [6, 6.07) is 7.81. The van der Waals surface area contributed by atoms with Crippen molar-refractivity contribution in [3.8, 4) is 0 Å². The van der Waals surface area contributed by atoms with Gasteiger partial charge in [0.1, 0.15) is 6.04 Å². The quantitative estimate of drug-likeness (QED) is 0.758. The highest BCUT2D eigenvalue weighted by Gasteiger charge is 2.19. The summed E-state index contributed by atoms with van der Waals surface area (Å²) >= 11 is 0. The Kier molecular flexibility index (Phi) is 5.75. The van der Waals surface area contributed by atoms with E-state index in [1.165, 1.54) is 0 Å². The standard InChI is InChI=1S/C16H23N3O2/c1-3-10-17-14(16(20)21-4-2)9-11-19-15-8-6-5-7-13(15)12-18-19/h5-8,12,14,17H,3-4,9-11H2,1-2H3. The molecule has 21 heavy (non-hydrogen) atoms. The molecule has 0 aliphatic heterocycles. The van der Waals surface area contributed by atoms with Crippen LogP contribution in [0.5, 0.6) is 0 Å². The molecule has 0 aliphatic carbocycles. The zero-order valence-corrected chi connectivity index (χ0v) is 12.7. The number of carbonyl (C=O) groups is 1. The molecule has 0 radical (unpaired) electrons. The second-order valence-corrected chi connectivity index (χ2v) is 4.97. The van der Waals surface area contributed by atoms with E-state index < -0.39 is 0 Å². The van der Waals surface area contributed by atoms with Crippen molar-refractivity contribution >= 4 is 16.9 Å². The number of nitrogens with one attached hydrogen (secondary N) is 1. The fourth-order valence-corrected chi connectivity index (χ4v) is 2.32. The number of hydrogen-bond acceptors (Lipinski definition) is 4. The number of esters is 1. The van der Waals surface area contributed by atoms with Crippen LogP contribution in [0.1, 0.15) is 26.7 Å². The second kappa shape index (κ2) is 7.78. The molecule has 5 heteroatoms. The van der Waals surface area contributed by atoms with E-state index in [1.54, 1.807) is 0 Å². The third-order valence-corrected chi connectivity index (χ3v) is 3.39. The van der Waals surface area contributed by atoms with Crippen molar-refractivity contribution in [3.63, 3.8) is 0 Å². The first kappa shape index (κ1) is 15.5. The average Bonchev–Trinajstić information content (AvgIpc) is 2.91. The number of aryl methyl sites for hydroxylation is 1. The van der Waals surface area contributed by atoms with Gasteiger partial charge in [0.05, 0.1) is 18.3 Å². The number of nitrogens with zero attached hydrogens (tertiary/aromatic N) is 2. The van der Waals surface area contributed by atoms with Crippen molar-refractivity contribution in [3.05, 3.63) is 30.5 Å². The highest BCUT2D eigenvalue weighted by molar-refractivity contribution is 5.78. The Labute approximate surface area is 125 Å². The average molecular weight is 289 g/mol. The first-order valence-electron chi connectivity index (χ1n) is 7.56. The number of benzene rings is 1. The fraction of sp³-hybridized carbons (Fsp3) is 0.500. The Morgan fingerprint density at radius 3 is 2.95 bits per heavy atom. The molecule has 0 spiro atoms. The predicted molar refractivity (Wildman–Crippen MR) is 83.1 cm³/mol. The van der Waals surface area contributed by atoms with Gasteiger partial charge in [0.15, 0.2) is 0 Å². The van der Waals surface area contributed by atoms with Crippen molar-refractivity contribution in [1.29, 1.82) is 0 Å². The zero-order chi connectivity index (χ0) is 15.1. The predicted octanol–water partition coefficient (Wildman–Crippen LogP) is 2.36. The molecule has 0 bridgehead atoms. The van der Waals surface area contributed by atoms with Crippen LogP contribution < -0.4 is 5.32 Å². The Morgan fingerprint density at radius 1 is 1.38 bits per heavy atom. The second-order valence-electron chi connectivity index (χ2n) is 4.97. The van der Waals surface area contributed by atoms with Gasteiger partial charge in [0.2, 0.25) is 0 Å². The Morgan fingerprint density at radius 2 is 2.19 bits per heavy atom. The number of para-hydroxylation sites is 1. The van der Waals surface area contributed by atoms with Gasteiger partial charge in [-0.25, -0.2) is 0 Å². The Balaban J connectivity index is 2.01. The molecular weight excluding hydrogens is 266 g/mol. The minimum Gasteiger partial charge on any atom is -0.465 e. The molecule has 114 valence electrons. The highest BCUT2D eigenvalue weighted by Crippen LogP contribution is 2.13. The lowest BCUT2D eigenvalue weighted by molar-refractivity contribution is -0.145. The van der Waals surface area contributed by atoms with E-state index in [0.717, 1.165) is 23.9 Å². The van der Waals surface area contributed by atoms with E-state index in [4.69, 9.17) is 4.74 Å². The van der Waals surface area contributed by atoms with Gasteiger partial charge in [-0.1, -0.05) is 25.1 Å². The highest BCUT2D eigenvalue weighted by atomic mass is 16.5. The van der Waals surface area contributed by atoms with Gasteiger partial charge >= 0.3 is 5.97 Å². The van der Waals surface area contributed by atoms with Crippen molar-refractivity contribution in [2.24, 2.45) is 0 Å². The van der Waals surface area contributed by atoms with Crippen LogP contribution in [0, 0.1) is 0 Å². The number of hydrogen-bond donors (Lipinski definition) is 1. The van der Waals surface area contributed by atoms with Crippen LogP contribution in [0.2, 0.25) is 0 Å². The number of rotatable bonds is 8. The van der Waals surface area contributed by atoms with Gasteiger partial charge in [0, 0.05) is 11.9 Å². The van der Waals surface area contributed by atoms with Crippen molar-refractivity contribution in [2.45, 2.75) is 39.3 Å². The number of carbonyl (C=O) groups excluding carboxylic acids is 1. The molecule has 2 aromatic rings. The normalized spacial score (nSPS) is 12.5. The van der Waals surface area contributed by atoms with Crippen LogP contribution in [-0.4, -0.2) is 34.9 Å². The molecule has 0 fully saturated rings. The smallest absolute Gasteiger partial charge is 0.323 e. The largest absolute Gasteiger partial charge is 0.465 e. The maximum Gasteiger partial charge on any atom is 0.323 e. The lowest BCUT2D eigenvalue weighted by atomic mass is 10.2. The van der Waals surface area contributed by atoms with E-state index in [9.17, 15) is 4.79 Å². The summed E-state index contributed by atoms with van der Waals surface area (Å²) in [6.07, 6.45) is 3.51. The summed E-state index contributed by atoms with van der Waals surface area (Å²) in [7, 11) is 0. The van der Waals surface area contributed by atoms with Crippen LogP contribution in [0.15, 0.2) is 30.5 Å². The summed E-state index contributed by atoms with van der Waals surface area (Å²) in [4.78, 5) is 12.0. The topological polar surface area (TPSA) is 56.2 Å². The molecule has 1 heterocycles. The van der Waals surface area contributed by atoms with Crippen LogP contribution in [0.3, 0.4) is 0 Å². The number of fused-ring (bicyclic) bond motifs is 1. The van der Waals surface area contributed by atoms with E-state index in [-0.39, 0.29) is 12.0 Å². The molecule has 1 atom stereocenters. The third-order valence-electron chi connectivity index (χ3n) is 3.39. The first-order chi connectivity index (χ1) is 10.3. The van der Waals surface area contributed by atoms with Gasteiger partial charge in [0.25, 0.3) is 0 Å². The third kappa shape index (κ3) is 4.04. The first-order valence-corrected chi connectivity index (χ1v) is 7.56. The molecule has 0 amide bonds. The number of aromatic nitrogens is 2. The lowest BCUT2D eigenvalue weighted by Crippen LogP contribution is -2.39. The molecular formula is C16H23N3O2. The van der Waals surface area contributed by atoms with Crippen LogP contribution in [0.25, 0.3) is 10.9 Å². The molecule has 1 aromatic carbocycles. The minimum atomic E-state index is -0.270. The number of ether oxygens (including phenoxy) is 1. The molecule has 0 saturated carbocycles. The van der Waals surface area contributed by atoms with E-state index in [2.05, 4.69) is 17.3 Å². The Bertz CT molecular complexity index is 580. The van der Waals surface area contributed by atoms with Crippen LogP contribution in [-0.2, 0) is 16.1 Å². The zero-order valence-electron chi connectivity index (χ0n) is 12.7. The van der Waals surface area contributed by atoms with Crippen LogP contribution >= 0.6 is 0 Å². The van der Waals surface area contributed by atoms with Crippen molar-refractivity contribution in [2.75, 3.05) is 13.2 Å². The van der Waals surface area contributed by atoms with Crippen molar-refractivity contribution < 1.29 is 9.53 Å². The maximum absolute atomic E-state index is 12.0. The lowest BCUT2D eigenvalue weighted by Gasteiger charge is -2.17. The van der Waals surface area contributed by atoms with E-state index in [0.29, 0.717) is 19.6 Å². The monoisotopic (exact) mass is 289 g/mol. The minimum absolute atomic E-state index is 0.178. The van der Waals surface area contributed by atoms with Crippen LogP contribution in [0.4, 0.5) is 0 Å². The molecule has 2 rings (SSSR count). The molecule has 1 unspecified atom stereocenters. The van der Waals surface area contributed by atoms with Gasteiger partial charge in [-0.05, 0) is 32.4 Å². The summed E-state index contributed by atoms with van der Waals surface area (Å²) in [5, 5.41) is 8.76. The maximum atomic E-state index is 12.0. The summed E-state index contributed by atoms with van der Waals surface area (Å²) in [6.45, 7) is 5.82. The molecule has 0 saturated heterocycles.